The van der Waals surface area contributed by atoms with Crippen LogP contribution in [0.15, 0.2) is 9.72 Å². The molecule has 0 fully saturated rings. The molecule has 0 saturated carbocycles. The fourth-order valence-electron chi connectivity index (χ4n) is 1.43. The van der Waals surface area contributed by atoms with E-state index in [0.29, 0.717) is 5.75 Å². The topological polar surface area (TPSA) is 68.0 Å². The number of carbonyl (C=O) groups excluding carboxylic acids is 1. The number of nitrogens with one attached hydrogen (secondary N) is 1. The van der Waals surface area contributed by atoms with Crippen molar-refractivity contribution >= 4 is 29.0 Å². The molecule has 0 aromatic carbocycles. The van der Waals surface area contributed by atoms with Crippen molar-refractivity contribution in [1.29, 1.82) is 0 Å². The number of primary amides is 1. The normalized spacial score (nSPS) is 14.9. The van der Waals surface area contributed by atoms with Crippen LogP contribution < -0.4 is 11.1 Å². The summed E-state index contributed by atoms with van der Waals surface area (Å²) in [5.41, 5.74) is 5.77. The molecule has 0 saturated heterocycles. The SMILES string of the molecule is Cc1csc(SCC(C)(NC(C)C)C(N)=O)n1. The summed E-state index contributed by atoms with van der Waals surface area (Å²) in [4.78, 5) is 15.9. The van der Waals surface area contributed by atoms with Gasteiger partial charge in [0.25, 0.3) is 0 Å². The first-order valence-corrected chi connectivity index (χ1v) is 7.32. The second-order valence-corrected chi connectivity index (χ2v) is 6.62. The molecule has 0 spiro atoms. The number of hydrogen-bond acceptors (Lipinski definition) is 5. The summed E-state index contributed by atoms with van der Waals surface area (Å²) >= 11 is 3.16. The minimum absolute atomic E-state index is 0.214. The fourth-order valence-corrected chi connectivity index (χ4v) is 3.39. The van der Waals surface area contributed by atoms with Crippen molar-refractivity contribution in [3.05, 3.63) is 11.1 Å². The summed E-state index contributed by atoms with van der Waals surface area (Å²) in [5, 5.41) is 5.21. The van der Waals surface area contributed by atoms with Crippen LogP contribution >= 0.6 is 23.1 Å². The van der Waals surface area contributed by atoms with Gasteiger partial charge in [-0.1, -0.05) is 11.8 Å². The second kappa shape index (κ2) is 5.84. The summed E-state index contributed by atoms with van der Waals surface area (Å²) in [5.74, 6) is 0.264. The van der Waals surface area contributed by atoms with Gasteiger partial charge < -0.3 is 11.1 Å². The molecule has 0 aliphatic heterocycles. The quantitative estimate of drug-likeness (QED) is 0.775. The molecule has 4 nitrogen and oxygen atoms in total. The fraction of sp³-hybridized carbons (Fsp3) is 0.636. The molecular formula is C11H19N3OS2. The molecule has 1 aromatic rings. The van der Waals surface area contributed by atoms with E-state index in [0.717, 1.165) is 10.0 Å². The number of nitrogens with zero attached hydrogens (tertiary/aromatic N) is 1. The number of nitrogens with two attached hydrogens (primary N) is 1. The molecule has 1 heterocycles. The number of thioether (sulfide) groups is 1. The molecule has 0 aliphatic rings. The predicted molar refractivity (Wildman–Crippen MR) is 73.4 cm³/mol. The number of carbonyl (C=O) groups is 1. The molecule has 17 heavy (non-hydrogen) atoms. The molecule has 1 rings (SSSR count). The Balaban J connectivity index is 2.64. The van der Waals surface area contributed by atoms with E-state index in [1.165, 1.54) is 0 Å². The Labute approximate surface area is 110 Å². The highest BCUT2D eigenvalue weighted by molar-refractivity contribution is 8.01. The van der Waals surface area contributed by atoms with Crippen LogP contribution in [0.2, 0.25) is 0 Å². The highest BCUT2D eigenvalue weighted by Crippen LogP contribution is 2.26. The van der Waals surface area contributed by atoms with Crippen LogP contribution in [0, 0.1) is 6.92 Å². The smallest absolute Gasteiger partial charge is 0.238 e. The Hall–Kier alpha value is -0.590. The second-order valence-electron chi connectivity index (χ2n) is 4.54. The Bertz CT molecular complexity index is 392. The lowest BCUT2D eigenvalue weighted by molar-refractivity contribution is -0.123. The van der Waals surface area contributed by atoms with E-state index < -0.39 is 5.54 Å². The third kappa shape index (κ3) is 4.29. The zero-order chi connectivity index (χ0) is 13.1. The molecular weight excluding hydrogens is 254 g/mol. The third-order valence-corrected chi connectivity index (χ3v) is 4.69. The van der Waals surface area contributed by atoms with Crippen LogP contribution in [0.5, 0.6) is 0 Å². The monoisotopic (exact) mass is 273 g/mol. The maximum atomic E-state index is 11.5. The van der Waals surface area contributed by atoms with Gasteiger partial charge >= 0.3 is 0 Å². The van der Waals surface area contributed by atoms with Crippen LogP contribution in [-0.4, -0.2) is 28.2 Å². The zero-order valence-electron chi connectivity index (χ0n) is 10.6. The van der Waals surface area contributed by atoms with Crippen LogP contribution in [-0.2, 0) is 4.79 Å². The standard InChI is InChI=1S/C11H19N3OS2/c1-7(2)14-11(4,9(12)15)6-17-10-13-8(3)5-16-10/h5,7,14H,6H2,1-4H3,(H2,12,15). The third-order valence-electron chi connectivity index (χ3n) is 2.23. The first-order valence-electron chi connectivity index (χ1n) is 5.46. The number of hydrogen-bond donors (Lipinski definition) is 2. The molecule has 0 radical (unpaired) electrons. The van der Waals surface area contributed by atoms with E-state index in [4.69, 9.17) is 5.73 Å². The van der Waals surface area contributed by atoms with Crippen LogP contribution in [0.4, 0.5) is 0 Å². The molecule has 1 unspecified atom stereocenters. The van der Waals surface area contributed by atoms with Gasteiger partial charge in [-0.25, -0.2) is 4.98 Å². The van der Waals surface area contributed by atoms with Crippen LogP contribution in [0.1, 0.15) is 26.5 Å². The van der Waals surface area contributed by atoms with E-state index in [1.54, 1.807) is 23.1 Å². The molecule has 1 atom stereocenters. The van der Waals surface area contributed by atoms with Crippen molar-refractivity contribution in [3.63, 3.8) is 0 Å². The van der Waals surface area contributed by atoms with Crippen molar-refractivity contribution in [1.82, 2.24) is 10.3 Å². The summed E-state index contributed by atoms with van der Waals surface area (Å²) < 4.78 is 0.973. The minimum Gasteiger partial charge on any atom is -0.368 e. The number of thiazole rings is 1. The van der Waals surface area contributed by atoms with Gasteiger partial charge in [-0.3, -0.25) is 4.79 Å². The van der Waals surface area contributed by atoms with Gasteiger partial charge in [-0.2, -0.15) is 0 Å². The zero-order valence-corrected chi connectivity index (χ0v) is 12.2. The van der Waals surface area contributed by atoms with E-state index in [9.17, 15) is 4.79 Å². The van der Waals surface area contributed by atoms with Gasteiger partial charge in [0.2, 0.25) is 5.91 Å². The van der Waals surface area contributed by atoms with Gasteiger partial charge in [-0.15, -0.1) is 11.3 Å². The van der Waals surface area contributed by atoms with E-state index in [2.05, 4.69) is 10.3 Å². The molecule has 1 aromatic heterocycles. The van der Waals surface area contributed by atoms with Crippen molar-refractivity contribution in [2.24, 2.45) is 5.73 Å². The molecule has 0 bridgehead atoms. The average Bonchev–Trinajstić information content (AvgIpc) is 2.60. The molecule has 0 aliphatic carbocycles. The van der Waals surface area contributed by atoms with Crippen molar-refractivity contribution in [2.45, 2.75) is 43.6 Å². The maximum Gasteiger partial charge on any atom is 0.238 e. The van der Waals surface area contributed by atoms with E-state index >= 15 is 0 Å². The first-order chi connectivity index (χ1) is 7.83. The van der Waals surface area contributed by atoms with Gasteiger partial charge in [0.05, 0.1) is 0 Å². The number of amides is 1. The minimum atomic E-state index is -0.696. The molecule has 6 heteroatoms. The molecule has 3 N–H and O–H groups in total. The maximum absolute atomic E-state index is 11.5. The van der Waals surface area contributed by atoms with Crippen molar-refractivity contribution in [2.75, 3.05) is 5.75 Å². The lowest BCUT2D eigenvalue weighted by Crippen LogP contribution is -2.57. The molecule has 96 valence electrons. The van der Waals surface area contributed by atoms with Crippen molar-refractivity contribution in [3.8, 4) is 0 Å². The first kappa shape index (κ1) is 14.5. The van der Waals surface area contributed by atoms with Gasteiger partial charge in [0, 0.05) is 22.9 Å². The van der Waals surface area contributed by atoms with E-state index in [1.807, 2.05) is 33.1 Å². The Morgan fingerprint density at radius 2 is 2.35 bits per heavy atom. The van der Waals surface area contributed by atoms with Crippen LogP contribution in [0.3, 0.4) is 0 Å². The number of aryl methyl sites for hydroxylation is 1. The van der Waals surface area contributed by atoms with Crippen LogP contribution in [0.25, 0.3) is 0 Å². The van der Waals surface area contributed by atoms with Gasteiger partial charge in [0.15, 0.2) is 0 Å². The summed E-state index contributed by atoms with van der Waals surface area (Å²) in [6.45, 7) is 7.79. The highest BCUT2D eigenvalue weighted by atomic mass is 32.2. The van der Waals surface area contributed by atoms with Crippen molar-refractivity contribution < 1.29 is 4.79 Å². The van der Waals surface area contributed by atoms with Gasteiger partial charge in [-0.05, 0) is 27.7 Å². The predicted octanol–water partition coefficient (Wildman–Crippen LogP) is 1.79. The van der Waals surface area contributed by atoms with Gasteiger partial charge in [0.1, 0.15) is 9.88 Å². The Kier molecular flexibility index (Phi) is 4.97. The Morgan fingerprint density at radius 3 is 2.76 bits per heavy atom. The number of rotatable bonds is 6. The molecule has 1 amide bonds. The average molecular weight is 273 g/mol. The number of aromatic nitrogens is 1. The highest BCUT2D eigenvalue weighted by Gasteiger charge is 2.31. The largest absolute Gasteiger partial charge is 0.368 e. The Morgan fingerprint density at radius 1 is 1.71 bits per heavy atom. The lowest BCUT2D eigenvalue weighted by atomic mass is 10.0. The summed E-state index contributed by atoms with van der Waals surface area (Å²) in [6, 6.07) is 0.214. The summed E-state index contributed by atoms with van der Waals surface area (Å²) in [7, 11) is 0. The summed E-state index contributed by atoms with van der Waals surface area (Å²) in [6.07, 6.45) is 0. The lowest BCUT2D eigenvalue weighted by Gasteiger charge is -2.29. The van der Waals surface area contributed by atoms with E-state index in [-0.39, 0.29) is 11.9 Å².